The lowest BCUT2D eigenvalue weighted by Gasteiger charge is -2.48. The molecule has 6 N–H and O–H groups in total. The Morgan fingerprint density at radius 3 is 2.49 bits per heavy atom. The zero-order valence-corrected chi connectivity index (χ0v) is 22.3. The van der Waals surface area contributed by atoms with Gasteiger partial charge in [-0.15, -0.1) is 0 Å². The van der Waals surface area contributed by atoms with E-state index in [2.05, 4.69) is 5.32 Å². The summed E-state index contributed by atoms with van der Waals surface area (Å²) in [6.45, 7) is 8.23. The minimum absolute atomic E-state index is 0.00663. The highest BCUT2D eigenvalue weighted by atomic mass is 16.7. The van der Waals surface area contributed by atoms with E-state index in [1.165, 1.54) is 25.3 Å². The Bertz CT molecular complexity index is 1440. The monoisotopic (exact) mass is 548 g/mol. The number of nitrogens with two attached hydrogens (primary N) is 1. The van der Waals surface area contributed by atoms with Gasteiger partial charge in [0.2, 0.25) is 12.7 Å². The Morgan fingerprint density at radius 2 is 1.90 bits per heavy atom. The average Bonchev–Trinajstić information content (AvgIpc) is 3.19. The molecule has 39 heavy (non-hydrogen) atoms. The van der Waals surface area contributed by atoms with Crippen LogP contribution in [0.4, 0.5) is 5.69 Å². The van der Waals surface area contributed by atoms with E-state index in [0.717, 1.165) is 0 Å². The van der Waals surface area contributed by atoms with E-state index in [1.807, 2.05) is 0 Å². The number of benzene rings is 1. The van der Waals surface area contributed by atoms with Crippen molar-refractivity contribution in [3.63, 3.8) is 0 Å². The van der Waals surface area contributed by atoms with Gasteiger partial charge in [0.15, 0.2) is 11.4 Å². The second-order valence-electron chi connectivity index (χ2n) is 9.81. The van der Waals surface area contributed by atoms with Gasteiger partial charge in [-0.05, 0) is 52.8 Å². The number of hydrogen-bond donors (Lipinski definition) is 5. The maximum Gasteiger partial charge on any atom is 0.364 e. The van der Waals surface area contributed by atoms with Crippen LogP contribution in [0.5, 0.6) is 11.5 Å². The molecule has 1 aliphatic heterocycles. The number of ether oxygens (including phenoxy) is 4. The van der Waals surface area contributed by atoms with E-state index in [9.17, 15) is 24.9 Å². The molecule has 13 nitrogen and oxygen atoms in total. The molecule has 0 bridgehead atoms. The predicted molar refractivity (Wildman–Crippen MR) is 136 cm³/mol. The van der Waals surface area contributed by atoms with E-state index in [4.69, 9.17) is 33.5 Å². The highest BCUT2D eigenvalue weighted by molar-refractivity contribution is 6.07. The van der Waals surface area contributed by atoms with E-state index in [-0.39, 0.29) is 22.3 Å². The summed E-state index contributed by atoms with van der Waals surface area (Å²) in [6.07, 6.45) is -6.34. The fraction of sp³-hybridized carbons (Fsp3) is 0.462. The van der Waals surface area contributed by atoms with Crippen LogP contribution < -0.4 is 21.4 Å². The molecule has 1 aliphatic rings. The van der Waals surface area contributed by atoms with E-state index >= 15 is 0 Å². The predicted octanol–water partition coefficient (Wildman–Crippen LogP) is 1.78. The second-order valence-corrected chi connectivity index (χ2v) is 9.81. The lowest BCUT2D eigenvalue weighted by Crippen LogP contribution is -2.65. The number of aliphatic hydroxyl groups is 2. The van der Waals surface area contributed by atoms with Gasteiger partial charge in [0.1, 0.15) is 41.2 Å². The van der Waals surface area contributed by atoms with Crippen molar-refractivity contribution in [2.75, 3.05) is 12.4 Å². The molecule has 0 spiro atoms. The number of anilines is 1. The smallest absolute Gasteiger partial charge is 0.364 e. The number of fused-ring (bicyclic) bond motifs is 1. The molecule has 1 aromatic carbocycles. The summed E-state index contributed by atoms with van der Waals surface area (Å²) in [5.74, 6) is -0.115. The molecule has 1 unspecified atom stereocenters. The number of aromatic hydroxyl groups is 1. The van der Waals surface area contributed by atoms with Crippen molar-refractivity contribution in [1.82, 2.24) is 0 Å². The molecule has 1 amide bonds. The maximum atomic E-state index is 12.8. The number of hydrogen-bond acceptors (Lipinski definition) is 12. The number of nitrogens with one attached hydrogen (secondary N) is 1. The molecule has 2 aromatic heterocycles. The minimum Gasteiger partial charge on any atom is -0.505 e. The zero-order valence-electron chi connectivity index (χ0n) is 22.3. The molecule has 3 heterocycles. The van der Waals surface area contributed by atoms with Gasteiger partial charge in [0.25, 0.3) is 5.91 Å². The molecule has 0 radical (unpaired) electrons. The van der Waals surface area contributed by atoms with Gasteiger partial charge < -0.3 is 48.4 Å². The average molecular weight is 549 g/mol. The molecule has 5 atom stereocenters. The van der Waals surface area contributed by atoms with E-state index in [0.29, 0.717) is 17.1 Å². The Balaban J connectivity index is 1.66. The third-order valence-corrected chi connectivity index (χ3v) is 6.58. The zero-order chi connectivity index (χ0) is 28.8. The Hall–Kier alpha value is -3.46. The van der Waals surface area contributed by atoms with Crippen LogP contribution in [0.25, 0.3) is 11.0 Å². The van der Waals surface area contributed by atoms with Crippen molar-refractivity contribution in [2.45, 2.75) is 71.2 Å². The Labute approximate surface area is 223 Å². The fourth-order valence-electron chi connectivity index (χ4n) is 4.76. The second kappa shape index (κ2) is 10.6. The van der Waals surface area contributed by atoms with Crippen LogP contribution in [0, 0.1) is 20.8 Å². The van der Waals surface area contributed by atoms with Crippen LogP contribution in [0.2, 0.25) is 0 Å². The van der Waals surface area contributed by atoms with Crippen molar-refractivity contribution < 1.29 is 47.9 Å². The first-order valence-corrected chi connectivity index (χ1v) is 12.1. The van der Waals surface area contributed by atoms with Crippen molar-refractivity contribution in [2.24, 2.45) is 5.73 Å². The quantitative estimate of drug-likeness (QED) is 0.212. The van der Waals surface area contributed by atoms with E-state index < -0.39 is 59.6 Å². The lowest BCUT2D eigenvalue weighted by atomic mass is 9.89. The lowest BCUT2D eigenvalue weighted by molar-refractivity contribution is -0.329. The van der Waals surface area contributed by atoms with Gasteiger partial charge in [0, 0.05) is 12.7 Å². The first-order chi connectivity index (χ1) is 18.2. The van der Waals surface area contributed by atoms with E-state index in [1.54, 1.807) is 34.6 Å². The molecule has 0 aliphatic carbocycles. The van der Waals surface area contributed by atoms with Crippen molar-refractivity contribution in [3.8, 4) is 11.5 Å². The van der Waals surface area contributed by atoms with Crippen LogP contribution in [0.1, 0.15) is 41.3 Å². The summed E-state index contributed by atoms with van der Waals surface area (Å²) in [6, 6.07) is 4.42. The number of carbonyl (C=O) groups is 1. The third-order valence-electron chi connectivity index (χ3n) is 6.58. The SMILES string of the molecule is CO[C@@H]1[C@@H](OC(N)O)[C@@H](O)[C@H](Oc2ccc3c(O)c(NC(=O)c4cc(C)oc4C)c(=O)oc3c2C)OC1(C)C. The number of furan rings is 1. The largest absolute Gasteiger partial charge is 0.505 e. The maximum absolute atomic E-state index is 12.8. The third kappa shape index (κ3) is 5.37. The molecular formula is C26H32N2O11. The topological polar surface area (TPSA) is 196 Å². The molecule has 1 fully saturated rings. The van der Waals surface area contributed by atoms with Crippen molar-refractivity contribution in [3.05, 3.63) is 51.3 Å². The van der Waals surface area contributed by atoms with Crippen molar-refractivity contribution in [1.29, 1.82) is 0 Å². The van der Waals surface area contributed by atoms with Gasteiger partial charge in [-0.25, -0.2) is 4.79 Å². The van der Waals surface area contributed by atoms with Gasteiger partial charge in [0.05, 0.1) is 16.6 Å². The first kappa shape index (κ1) is 28.5. The van der Waals surface area contributed by atoms with Gasteiger partial charge in [-0.2, -0.15) is 0 Å². The number of carbonyl (C=O) groups excluding carboxylic acids is 1. The van der Waals surface area contributed by atoms with Crippen molar-refractivity contribution >= 4 is 22.6 Å². The van der Waals surface area contributed by atoms with Gasteiger partial charge >= 0.3 is 5.63 Å². The Kier molecular flexibility index (Phi) is 7.76. The Morgan fingerprint density at radius 1 is 1.21 bits per heavy atom. The summed E-state index contributed by atoms with van der Waals surface area (Å²) in [5.41, 5.74) is 3.42. The molecular weight excluding hydrogens is 516 g/mol. The highest BCUT2D eigenvalue weighted by Crippen LogP contribution is 2.38. The molecule has 212 valence electrons. The summed E-state index contributed by atoms with van der Waals surface area (Å²) >= 11 is 0. The fourth-order valence-corrected chi connectivity index (χ4v) is 4.76. The summed E-state index contributed by atoms with van der Waals surface area (Å²) in [7, 11) is 1.40. The van der Waals surface area contributed by atoms with Gasteiger partial charge in [-0.1, -0.05) is 0 Å². The molecule has 3 aromatic rings. The normalized spacial score (nSPS) is 23.5. The summed E-state index contributed by atoms with van der Waals surface area (Å²) in [4.78, 5) is 25.5. The standard InChI is InChI=1S/C26H32N2O11/c1-10-9-14(12(3)35-10)22(31)28-16-17(29)13-7-8-15(11(2)19(13)37-23(16)32)36-24-18(30)20(38-25(27)33)21(34-6)26(4,5)39-24/h7-9,18,20-21,24-25,29-30,33H,27H2,1-6H3,(H,28,31)/t18-,20+,21-,24-,25?/m1/s1. The molecule has 13 heteroatoms. The summed E-state index contributed by atoms with van der Waals surface area (Å²) < 4.78 is 33.4. The number of rotatable bonds is 7. The minimum atomic E-state index is -1.69. The molecule has 0 saturated carbocycles. The number of methoxy groups -OCH3 is 1. The first-order valence-electron chi connectivity index (χ1n) is 12.1. The summed E-state index contributed by atoms with van der Waals surface area (Å²) in [5, 5.41) is 33.9. The number of aryl methyl sites for hydroxylation is 3. The van der Waals surface area contributed by atoms with Gasteiger partial charge in [-0.3, -0.25) is 10.5 Å². The van der Waals surface area contributed by atoms with Crippen LogP contribution >= 0.6 is 0 Å². The van der Waals surface area contributed by atoms with Crippen LogP contribution in [0.15, 0.2) is 31.8 Å². The number of aliphatic hydroxyl groups excluding tert-OH is 2. The number of amides is 1. The van der Waals surface area contributed by atoms with Crippen LogP contribution in [-0.2, 0) is 14.2 Å². The molecule has 4 rings (SSSR count). The van der Waals surface area contributed by atoms with Crippen LogP contribution in [-0.4, -0.2) is 65.0 Å². The molecule has 1 saturated heterocycles. The van der Waals surface area contributed by atoms with Crippen LogP contribution in [0.3, 0.4) is 0 Å². The highest BCUT2D eigenvalue weighted by Gasteiger charge is 2.52.